The lowest BCUT2D eigenvalue weighted by atomic mass is 10.0. The molecule has 2 N–H and O–H groups in total. The predicted octanol–water partition coefficient (Wildman–Crippen LogP) is 2.56. The fraction of sp³-hybridized carbons (Fsp3) is 1.00. The summed E-state index contributed by atoms with van der Waals surface area (Å²) in [5, 5.41) is 12.5. The van der Waals surface area contributed by atoms with Gasteiger partial charge in [0.2, 0.25) is 0 Å². The van der Waals surface area contributed by atoms with E-state index in [1.165, 1.54) is 19.3 Å². The van der Waals surface area contributed by atoms with Crippen LogP contribution in [0, 0.1) is 5.92 Å². The molecule has 0 aliphatic heterocycles. The van der Waals surface area contributed by atoms with Crippen LogP contribution in [0.5, 0.6) is 0 Å². The van der Waals surface area contributed by atoms with E-state index >= 15 is 0 Å². The average Bonchev–Trinajstić information content (AvgIpc) is 2.22. The maximum atomic E-state index is 8.87. The summed E-state index contributed by atoms with van der Waals surface area (Å²) in [5.41, 5.74) is 0. The monoisotopic (exact) mass is 201 g/mol. The topological polar surface area (TPSA) is 32.3 Å². The Kier molecular flexibility index (Phi) is 9.42. The second kappa shape index (κ2) is 9.47. The van der Waals surface area contributed by atoms with Gasteiger partial charge in [-0.1, -0.05) is 33.6 Å². The third kappa shape index (κ3) is 6.39. The van der Waals surface area contributed by atoms with Crippen LogP contribution in [0.2, 0.25) is 0 Å². The number of hydrogen-bond donors (Lipinski definition) is 2. The Labute approximate surface area is 89.1 Å². The summed E-state index contributed by atoms with van der Waals surface area (Å²) >= 11 is 0. The van der Waals surface area contributed by atoms with Gasteiger partial charge in [0.25, 0.3) is 0 Å². The molecule has 2 atom stereocenters. The van der Waals surface area contributed by atoms with E-state index in [0.29, 0.717) is 18.6 Å². The number of aliphatic hydroxyl groups is 1. The van der Waals surface area contributed by atoms with Gasteiger partial charge in [-0.2, -0.15) is 0 Å². The van der Waals surface area contributed by atoms with E-state index in [1.807, 2.05) is 0 Å². The van der Waals surface area contributed by atoms with Crippen molar-refractivity contribution in [1.82, 2.24) is 5.32 Å². The zero-order chi connectivity index (χ0) is 10.8. The molecular formula is C12H27NO. The van der Waals surface area contributed by atoms with E-state index in [2.05, 4.69) is 26.1 Å². The van der Waals surface area contributed by atoms with Crippen molar-refractivity contribution >= 4 is 0 Å². The molecule has 14 heavy (non-hydrogen) atoms. The number of hydrogen-bond acceptors (Lipinski definition) is 2. The molecule has 2 nitrogen and oxygen atoms in total. The molecule has 0 saturated heterocycles. The zero-order valence-electron chi connectivity index (χ0n) is 10.1. The lowest BCUT2D eigenvalue weighted by Gasteiger charge is -2.20. The van der Waals surface area contributed by atoms with Gasteiger partial charge >= 0.3 is 0 Å². The Morgan fingerprint density at radius 2 is 1.79 bits per heavy atom. The largest absolute Gasteiger partial charge is 0.396 e. The highest BCUT2D eigenvalue weighted by Crippen LogP contribution is 2.08. The van der Waals surface area contributed by atoms with Gasteiger partial charge in [0.15, 0.2) is 0 Å². The van der Waals surface area contributed by atoms with Gasteiger partial charge in [-0.15, -0.1) is 0 Å². The molecule has 0 aliphatic carbocycles. The van der Waals surface area contributed by atoms with Crippen molar-refractivity contribution in [2.24, 2.45) is 5.92 Å². The van der Waals surface area contributed by atoms with Crippen molar-refractivity contribution in [2.45, 2.75) is 58.9 Å². The molecule has 0 fully saturated rings. The minimum atomic E-state index is 0.324. The first-order valence-corrected chi connectivity index (χ1v) is 6.12. The van der Waals surface area contributed by atoms with Crippen molar-refractivity contribution in [3.63, 3.8) is 0 Å². The Morgan fingerprint density at radius 1 is 1.07 bits per heavy atom. The predicted molar refractivity (Wildman–Crippen MR) is 62.5 cm³/mol. The molecule has 0 aromatic carbocycles. The van der Waals surface area contributed by atoms with Crippen molar-refractivity contribution in [3.8, 4) is 0 Å². The van der Waals surface area contributed by atoms with Crippen LogP contribution in [0.3, 0.4) is 0 Å². The first-order valence-electron chi connectivity index (χ1n) is 6.12. The summed E-state index contributed by atoms with van der Waals surface area (Å²) in [7, 11) is 0. The zero-order valence-corrected chi connectivity index (χ0v) is 10.1. The van der Waals surface area contributed by atoms with Crippen LogP contribution in [-0.2, 0) is 0 Å². The number of aliphatic hydroxyl groups excluding tert-OH is 1. The van der Waals surface area contributed by atoms with Crippen LogP contribution in [0.25, 0.3) is 0 Å². The van der Waals surface area contributed by atoms with E-state index in [1.54, 1.807) is 0 Å². The van der Waals surface area contributed by atoms with Gasteiger partial charge in [0.1, 0.15) is 0 Å². The summed E-state index contributed by atoms with van der Waals surface area (Å²) in [6, 6.07) is 0.674. The van der Waals surface area contributed by atoms with Gasteiger partial charge in [-0.25, -0.2) is 0 Å². The Hall–Kier alpha value is -0.0800. The van der Waals surface area contributed by atoms with E-state index in [0.717, 1.165) is 19.4 Å². The molecule has 0 amide bonds. The van der Waals surface area contributed by atoms with Gasteiger partial charge in [-0.05, 0) is 31.7 Å². The molecule has 0 saturated carbocycles. The first kappa shape index (κ1) is 13.9. The molecule has 2 heteroatoms. The minimum Gasteiger partial charge on any atom is -0.396 e. The normalized spacial score (nSPS) is 15.4. The lowest BCUT2D eigenvalue weighted by molar-refractivity contribution is 0.247. The molecular weight excluding hydrogens is 174 g/mol. The van der Waals surface area contributed by atoms with Crippen LogP contribution < -0.4 is 5.32 Å². The molecule has 0 aliphatic rings. The molecule has 0 aromatic rings. The van der Waals surface area contributed by atoms with E-state index in [-0.39, 0.29) is 0 Å². The van der Waals surface area contributed by atoms with Gasteiger partial charge < -0.3 is 10.4 Å². The molecule has 86 valence electrons. The maximum Gasteiger partial charge on any atom is 0.0434 e. The fourth-order valence-corrected chi connectivity index (χ4v) is 1.77. The van der Waals surface area contributed by atoms with Crippen LogP contribution in [0.1, 0.15) is 52.9 Å². The van der Waals surface area contributed by atoms with E-state index < -0.39 is 0 Å². The standard InChI is InChI=1S/C12H27NO/c1-4-7-12(6-3)13-10-11(5-2)8-9-14/h11-14H,4-10H2,1-3H3. The SMILES string of the molecule is CCCC(CC)NCC(CC)CCO. The second-order valence-corrected chi connectivity index (χ2v) is 4.09. The molecule has 0 aromatic heterocycles. The smallest absolute Gasteiger partial charge is 0.0434 e. The summed E-state index contributed by atoms with van der Waals surface area (Å²) < 4.78 is 0. The van der Waals surface area contributed by atoms with Crippen LogP contribution in [-0.4, -0.2) is 24.3 Å². The Morgan fingerprint density at radius 3 is 2.21 bits per heavy atom. The quantitative estimate of drug-likeness (QED) is 0.601. The first-order chi connectivity index (χ1) is 6.78. The Bertz CT molecular complexity index is 103. The lowest BCUT2D eigenvalue weighted by Crippen LogP contribution is -2.33. The van der Waals surface area contributed by atoms with Crippen molar-refractivity contribution in [2.75, 3.05) is 13.2 Å². The highest BCUT2D eigenvalue weighted by Gasteiger charge is 2.08. The van der Waals surface area contributed by atoms with Crippen LogP contribution in [0.15, 0.2) is 0 Å². The summed E-state index contributed by atoms with van der Waals surface area (Å²) in [4.78, 5) is 0. The highest BCUT2D eigenvalue weighted by molar-refractivity contribution is 4.67. The molecule has 0 rings (SSSR count). The Balaban J connectivity index is 3.63. The minimum absolute atomic E-state index is 0.324. The van der Waals surface area contributed by atoms with E-state index in [9.17, 15) is 0 Å². The third-order valence-corrected chi connectivity index (χ3v) is 2.94. The fourth-order valence-electron chi connectivity index (χ4n) is 1.77. The maximum absolute atomic E-state index is 8.87. The molecule has 0 bridgehead atoms. The van der Waals surface area contributed by atoms with Crippen molar-refractivity contribution in [1.29, 1.82) is 0 Å². The van der Waals surface area contributed by atoms with Crippen LogP contribution in [0.4, 0.5) is 0 Å². The number of rotatable bonds is 9. The highest BCUT2D eigenvalue weighted by atomic mass is 16.3. The average molecular weight is 201 g/mol. The second-order valence-electron chi connectivity index (χ2n) is 4.09. The van der Waals surface area contributed by atoms with Gasteiger partial charge in [0, 0.05) is 12.6 Å². The summed E-state index contributed by atoms with van der Waals surface area (Å²) in [5.74, 6) is 0.644. The van der Waals surface area contributed by atoms with Gasteiger partial charge in [0.05, 0.1) is 0 Å². The molecule has 0 heterocycles. The molecule has 0 radical (unpaired) electrons. The molecule has 2 unspecified atom stereocenters. The number of nitrogens with one attached hydrogen (secondary N) is 1. The van der Waals surface area contributed by atoms with E-state index in [4.69, 9.17) is 5.11 Å². The van der Waals surface area contributed by atoms with Crippen LogP contribution >= 0.6 is 0 Å². The van der Waals surface area contributed by atoms with Crippen molar-refractivity contribution in [3.05, 3.63) is 0 Å². The molecule has 0 spiro atoms. The van der Waals surface area contributed by atoms with Crippen molar-refractivity contribution < 1.29 is 5.11 Å². The summed E-state index contributed by atoms with van der Waals surface area (Å²) in [6.45, 7) is 8.05. The third-order valence-electron chi connectivity index (χ3n) is 2.94. The van der Waals surface area contributed by atoms with Gasteiger partial charge in [-0.3, -0.25) is 0 Å². The summed E-state index contributed by atoms with van der Waals surface area (Å²) in [6.07, 6.45) is 5.83.